The van der Waals surface area contributed by atoms with Crippen LogP contribution in [0.5, 0.6) is 5.75 Å². The van der Waals surface area contributed by atoms with Gasteiger partial charge in [0.1, 0.15) is 5.75 Å². The Balaban J connectivity index is 1.57. The van der Waals surface area contributed by atoms with Gasteiger partial charge in [0, 0.05) is 10.7 Å². The van der Waals surface area contributed by atoms with Crippen LogP contribution in [0, 0.1) is 13.8 Å². The van der Waals surface area contributed by atoms with Crippen molar-refractivity contribution >= 4 is 35.0 Å². The molecular formula is C20H24ClNO2S. The lowest BCUT2D eigenvalue weighted by Gasteiger charge is -2.09. The largest absolute Gasteiger partial charge is 0.493 e. The molecular weight excluding hydrogens is 354 g/mol. The van der Waals surface area contributed by atoms with Crippen LogP contribution in [0.15, 0.2) is 42.5 Å². The lowest BCUT2D eigenvalue weighted by Crippen LogP contribution is -2.15. The van der Waals surface area contributed by atoms with Crippen LogP contribution in [-0.4, -0.2) is 24.0 Å². The molecule has 3 nitrogen and oxygen atoms in total. The van der Waals surface area contributed by atoms with Crippen LogP contribution < -0.4 is 10.1 Å². The van der Waals surface area contributed by atoms with Gasteiger partial charge in [-0.3, -0.25) is 4.79 Å². The van der Waals surface area contributed by atoms with Gasteiger partial charge in [-0.1, -0.05) is 29.8 Å². The number of amides is 1. The predicted molar refractivity (Wildman–Crippen MR) is 108 cm³/mol. The maximum Gasteiger partial charge on any atom is 0.234 e. The van der Waals surface area contributed by atoms with E-state index in [0.717, 1.165) is 41.2 Å². The molecule has 1 N–H and O–H groups in total. The Bertz CT molecular complexity index is 706. The van der Waals surface area contributed by atoms with E-state index in [2.05, 4.69) is 5.32 Å². The molecule has 0 unspecified atom stereocenters. The molecule has 2 aromatic rings. The minimum atomic E-state index is 0.0200. The highest BCUT2D eigenvalue weighted by atomic mass is 35.5. The summed E-state index contributed by atoms with van der Waals surface area (Å²) in [6.07, 6.45) is 2.02. The molecule has 2 rings (SSSR count). The van der Waals surface area contributed by atoms with Gasteiger partial charge in [0.2, 0.25) is 5.91 Å². The molecule has 0 aliphatic rings. The first-order valence-corrected chi connectivity index (χ1v) is 9.91. The lowest BCUT2D eigenvalue weighted by atomic mass is 10.2. The fraction of sp³-hybridized carbons (Fsp3) is 0.350. The van der Waals surface area contributed by atoms with E-state index in [1.165, 1.54) is 0 Å². The second-order valence-electron chi connectivity index (χ2n) is 5.88. The Kier molecular flexibility index (Phi) is 8.16. The number of para-hydroxylation sites is 1. The molecule has 2 aromatic carbocycles. The van der Waals surface area contributed by atoms with Gasteiger partial charge in [0.05, 0.1) is 12.4 Å². The average molecular weight is 378 g/mol. The molecule has 1 amide bonds. The minimum absolute atomic E-state index is 0.0200. The van der Waals surface area contributed by atoms with Crippen LogP contribution in [0.1, 0.15) is 24.0 Å². The van der Waals surface area contributed by atoms with Crippen LogP contribution in [0.2, 0.25) is 5.02 Å². The number of thioether (sulfide) groups is 1. The number of rotatable bonds is 9. The normalized spacial score (nSPS) is 10.5. The van der Waals surface area contributed by atoms with Gasteiger partial charge in [0.15, 0.2) is 0 Å². The highest BCUT2D eigenvalue weighted by Gasteiger charge is 2.05. The van der Waals surface area contributed by atoms with Gasteiger partial charge in [-0.25, -0.2) is 0 Å². The quantitative estimate of drug-likeness (QED) is 0.587. The van der Waals surface area contributed by atoms with Gasteiger partial charge in [-0.2, -0.15) is 11.8 Å². The van der Waals surface area contributed by atoms with E-state index >= 15 is 0 Å². The van der Waals surface area contributed by atoms with Gasteiger partial charge < -0.3 is 10.1 Å². The third-order valence-electron chi connectivity index (χ3n) is 3.73. The van der Waals surface area contributed by atoms with Crippen molar-refractivity contribution in [2.45, 2.75) is 26.7 Å². The Hall–Kier alpha value is -1.65. The number of anilines is 1. The first-order chi connectivity index (χ1) is 12.1. The SMILES string of the molecule is Cc1cc(Cl)ccc1NC(=O)CSCCCCOc1ccccc1C. The second-order valence-corrected chi connectivity index (χ2v) is 7.42. The Morgan fingerprint density at radius 2 is 1.92 bits per heavy atom. The zero-order valence-electron chi connectivity index (χ0n) is 14.7. The maximum atomic E-state index is 12.0. The predicted octanol–water partition coefficient (Wildman–Crippen LogP) is 5.49. The summed E-state index contributed by atoms with van der Waals surface area (Å²) in [6, 6.07) is 13.5. The molecule has 0 aliphatic heterocycles. The molecule has 0 aliphatic carbocycles. The number of aryl methyl sites for hydroxylation is 2. The van der Waals surface area contributed by atoms with E-state index in [1.807, 2.05) is 50.2 Å². The summed E-state index contributed by atoms with van der Waals surface area (Å²) >= 11 is 7.56. The molecule has 0 atom stereocenters. The topological polar surface area (TPSA) is 38.3 Å². The van der Waals surface area contributed by atoms with Gasteiger partial charge in [0.25, 0.3) is 0 Å². The van der Waals surface area contributed by atoms with Crippen molar-refractivity contribution in [2.24, 2.45) is 0 Å². The number of hydrogen-bond acceptors (Lipinski definition) is 3. The third kappa shape index (κ3) is 7.00. The van der Waals surface area contributed by atoms with Crippen LogP contribution in [0.3, 0.4) is 0 Å². The van der Waals surface area contributed by atoms with Gasteiger partial charge >= 0.3 is 0 Å². The number of carbonyl (C=O) groups is 1. The fourth-order valence-corrected chi connectivity index (χ4v) is 3.36. The van der Waals surface area contributed by atoms with E-state index in [4.69, 9.17) is 16.3 Å². The Morgan fingerprint density at radius 1 is 1.12 bits per heavy atom. The summed E-state index contributed by atoms with van der Waals surface area (Å²) in [5.74, 6) is 2.38. The van der Waals surface area contributed by atoms with E-state index in [9.17, 15) is 4.79 Å². The van der Waals surface area contributed by atoms with E-state index in [1.54, 1.807) is 17.8 Å². The Morgan fingerprint density at radius 3 is 2.68 bits per heavy atom. The first kappa shape index (κ1) is 19.7. The summed E-state index contributed by atoms with van der Waals surface area (Å²) in [7, 11) is 0. The maximum absolute atomic E-state index is 12.0. The molecule has 0 spiro atoms. The fourth-order valence-electron chi connectivity index (χ4n) is 2.33. The monoisotopic (exact) mass is 377 g/mol. The number of hydrogen-bond donors (Lipinski definition) is 1. The van der Waals surface area contributed by atoms with Crippen molar-refractivity contribution in [3.63, 3.8) is 0 Å². The highest BCUT2D eigenvalue weighted by molar-refractivity contribution is 7.99. The molecule has 25 heavy (non-hydrogen) atoms. The first-order valence-electron chi connectivity index (χ1n) is 8.38. The lowest BCUT2D eigenvalue weighted by molar-refractivity contribution is -0.113. The smallest absolute Gasteiger partial charge is 0.234 e. The van der Waals surface area contributed by atoms with E-state index in [0.29, 0.717) is 17.4 Å². The number of benzene rings is 2. The third-order valence-corrected chi connectivity index (χ3v) is 5.01. The van der Waals surface area contributed by atoms with E-state index in [-0.39, 0.29) is 5.91 Å². The van der Waals surface area contributed by atoms with Crippen molar-refractivity contribution < 1.29 is 9.53 Å². The molecule has 0 aromatic heterocycles. The minimum Gasteiger partial charge on any atom is -0.493 e. The number of ether oxygens (including phenoxy) is 1. The van der Waals surface area contributed by atoms with Gasteiger partial charge in [-0.05, 0) is 67.8 Å². The number of nitrogens with one attached hydrogen (secondary N) is 1. The summed E-state index contributed by atoms with van der Waals surface area (Å²) in [5.41, 5.74) is 2.95. The van der Waals surface area contributed by atoms with Crippen molar-refractivity contribution in [1.82, 2.24) is 0 Å². The summed E-state index contributed by atoms with van der Waals surface area (Å²) < 4.78 is 5.77. The van der Waals surface area contributed by atoms with Gasteiger partial charge in [-0.15, -0.1) is 0 Å². The molecule has 0 saturated heterocycles. The van der Waals surface area contributed by atoms with Crippen LogP contribution in [0.25, 0.3) is 0 Å². The van der Waals surface area contributed by atoms with Crippen LogP contribution >= 0.6 is 23.4 Å². The van der Waals surface area contributed by atoms with E-state index < -0.39 is 0 Å². The zero-order valence-corrected chi connectivity index (χ0v) is 16.3. The molecule has 0 heterocycles. The van der Waals surface area contributed by atoms with Crippen molar-refractivity contribution in [3.8, 4) is 5.75 Å². The summed E-state index contributed by atoms with van der Waals surface area (Å²) in [5, 5.41) is 3.60. The number of unbranched alkanes of at least 4 members (excludes halogenated alkanes) is 1. The summed E-state index contributed by atoms with van der Waals surface area (Å²) in [4.78, 5) is 12.0. The second kappa shape index (κ2) is 10.4. The standard InChI is InChI=1S/C20H24ClNO2S/c1-15-7-3-4-8-19(15)24-11-5-6-12-25-14-20(23)22-18-10-9-17(21)13-16(18)2/h3-4,7-10,13H,5-6,11-12,14H2,1-2H3,(H,22,23). The molecule has 0 radical (unpaired) electrons. The highest BCUT2D eigenvalue weighted by Crippen LogP contribution is 2.20. The molecule has 134 valence electrons. The molecule has 0 bridgehead atoms. The Labute approximate surface area is 159 Å². The molecule has 0 saturated carbocycles. The zero-order chi connectivity index (χ0) is 18.1. The number of halogens is 1. The van der Waals surface area contributed by atoms with Crippen LogP contribution in [-0.2, 0) is 4.79 Å². The summed E-state index contributed by atoms with van der Waals surface area (Å²) in [6.45, 7) is 4.69. The number of carbonyl (C=O) groups excluding carboxylic acids is 1. The van der Waals surface area contributed by atoms with Crippen LogP contribution in [0.4, 0.5) is 5.69 Å². The van der Waals surface area contributed by atoms with Crippen molar-refractivity contribution in [1.29, 1.82) is 0 Å². The van der Waals surface area contributed by atoms with Crippen molar-refractivity contribution in [3.05, 3.63) is 58.6 Å². The molecule has 5 heteroatoms. The van der Waals surface area contributed by atoms with Crippen molar-refractivity contribution in [2.75, 3.05) is 23.4 Å². The molecule has 0 fully saturated rings. The average Bonchev–Trinajstić information content (AvgIpc) is 2.58.